The number of hydrogen-bond acceptors (Lipinski definition) is 8. The van der Waals surface area contributed by atoms with Crippen molar-refractivity contribution in [3.05, 3.63) is 82.2 Å². The van der Waals surface area contributed by atoms with Gasteiger partial charge in [-0.1, -0.05) is 29.4 Å². The minimum absolute atomic E-state index is 0.00420. The molecule has 32 heavy (non-hydrogen) atoms. The molecular formula is C21H17ClN6O3S. The first-order valence-electron chi connectivity index (χ1n) is 9.51. The minimum Gasteiger partial charge on any atom is -0.419 e. The lowest BCUT2D eigenvalue weighted by Gasteiger charge is -2.10. The van der Waals surface area contributed by atoms with E-state index >= 15 is 0 Å². The fraction of sp³-hybridized carbons (Fsp3) is 0.143. The molecular weight excluding hydrogens is 452 g/mol. The number of allylic oxidation sites excluding steroid dienone is 1. The van der Waals surface area contributed by atoms with E-state index in [1.165, 1.54) is 23.9 Å². The number of nitro benzene ring substituents is 1. The Morgan fingerprint density at radius 1 is 1.12 bits per heavy atom. The van der Waals surface area contributed by atoms with Gasteiger partial charge in [-0.25, -0.2) is 0 Å². The maximum atomic E-state index is 10.8. The molecule has 0 saturated carbocycles. The molecule has 0 saturated heterocycles. The highest BCUT2D eigenvalue weighted by Crippen LogP contribution is 2.36. The number of nitro groups is 1. The minimum atomic E-state index is -0.459. The molecule has 0 N–H and O–H groups in total. The third-order valence-electron chi connectivity index (χ3n) is 4.53. The lowest BCUT2D eigenvalue weighted by Crippen LogP contribution is -2.01. The van der Waals surface area contributed by atoms with Crippen molar-refractivity contribution in [1.29, 1.82) is 0 Å². The van der Waals surface area contributed by atoms with Gasteiger partial charge in [0, 0.05) is 34.8 Å². The first-order valence-corrected chi connectivity index (χ1v) is 10.8. The van der Waals surface area contributed by atoms with Crippen molar-refractivity contribution in [3.63, 3.8) is 0 Å². The molecule has 2 aromatic carbocycles. The van der Waals surface area contributed by atoms with Gasteiger partial charge in [-0.2, -0.15) is 0 Å². The summed E-state index contributed by atoms with van der Waals surface area (Å²) in [4.78, 5) is 10.4. The Hall–Kier alpha value is -3.50. The maximum absolute atomic E-state index is 10.8. The van der Waals surface area contributed by atoms with Crippen LogP contribution in [-0.4, -0.2) is 29.9 Å². The Bertz CT molecular complexity index is 1250. The molecule has 1 atom stereocenters. The van der Waals surface area contributed by atoms with Gasteiger partial charge in [-0.05, 0) is 43.3 Å². The zero-order valence-corrected chi connectivity index (χ0v) is 18.5. The zero-order chi connectivity index (χ0) is 22.7. The Kier molecular flexibility index (Phi) is 6.33. The summed E-state index contributed by atoms with van der Waals surface area (Å²) >= 11 is 7.42. The molecule has 0 radical (unpaired) electrons. The van der Waals surface area contributed by atoms with E-state index in [9.17, 15) is 10.1 Å². The highest BCUT2D eigenvalue weighted by atomic mass is 35.5. The summed E-state index contributed by atoms with van der Waals surface area (Å²) in [6.07, 6.45) is 1.77. The van der Waals surface area contributed by atoms with E-state index in [4.69, 9.17) is 16.0 Å². The molecule has 4 rings (SSSR count). The standard InChI is InChI=1S/C21H17ClN6O3S/c1-3-12-27-18(14-4-8-16(22)9-5-14)23-26-21(27)32-13(2)19-24-25-20(31-19)15-6-10-17(11-7-15)28(29)30/h3-11,13H,1,12H2,2H3/t13-/m0/s1. The van der Waals surface area contributed by atoms with E-state index in [-0.39, 0.29) is 16.8 Å². The second kappa shape index (κ2) is 9.33. The van der Waals surface area contributed by atoms with Crippen LogP contribution in [-0.2, 0) is 6.54 Å². The molecule has 11 heteroatoms. The van der Waals surface area contributed by atoms with Crippen molar-refractivity contribution in [2.45, 2.75) is 23.9 Å². The van der Waals surface area contributed by atoms with Gasteiger partial charge >= 0.3 is 0 Å². The molecule has 0 amide bonds. The maximum Gasteiger partial charge on any atom is 0.269 e. The van der Waals surface area contributed by atoms with E-state index in [1.54, 1.807) is 30.3 Å². The molecule has 9 nitrogen and oxygen atoms in total. The summed E-state index contributed by atoms with van der Waals surface area (Å²) in [7, 11) is 0. The average molecular weight is 469 g/mol. The van der Waals surface area contributed by atoms with Crippen LogP contribution in [0.4, 0.5) is 5.69 Å². The van der Waals surface area contributed by atoms with Crippen molar-refractivity contribution in [3.8, 4) is 22.8 Å². The summed E-state index contributed by atoms with van der Waals surface area (Å²) in [5, 5.41) is 28.8. The Morgan fingerprint density at radius 2 is 1.81 bits per heavy atom. The molecule has 0 aliphatic carbocycles. The lowest BCUT2D eigenvalue weighted by atomic mass is 10.2. The van der Waals surface area contributed by atoms with E-state index in [1.807, 2.05) is 23.6 Å². The number of halogens is 1. The topological polar surface area (TPSA) is 113 Å². The molecule has 0 aliphatic rings. The molecule has 0 bridgehead atoms. The number of nitrogens with zero attached hydrogens (tertiary/aromatic N) is 6. The number of non-ortho nitro benzene ring substituents is 1. The lowest BCUT2D eigenvalue weighted by molar-refractivity contribution is -0.384. The smallest absolute Gasteiger partial charge is 0.269 e. The first kappa shape index (κ1) is 21.7. The van der Waals surface area contributed by atoms with E-state index < -0.39 is 4.92 Å². The van der Waals surface area contributed by atoms with Crippen molar-refractivity contribution < 1.29 is 9.34 Å². The molecule has 4 aromatic rings. The predicted octanol–water partition coefficient (Wildman–Crippen LogP) is 5.60. The second-order valence-electron chi connectivity index (χ2n) is 6.72. The van der Waals surface area contributed by atoms with Gasteiger partial charge in [-0.3, -0.25) is 14.7 Å². The van der Waals surface area contributed by atoms with Crippen molar-refractivity contribution in [1.82, 2.24) is 25.0 Å². The Labute approximate surface area is 192 Å². The van der Waals surface area contributed by atoms with Crippen LogP contribution in [0.5, 0.6) is 0 Å². The highest BCUT2D eigenvalue weighted by molar-refractivity contribution is 7.99. The largest absolute Gasteiger partial charge is 0.419 e. The van der Waals surface area contributed by atoms with Gasteiger partial charge in [0.05, 0.1) is 10.2 Å². The SMILES string of the molecule is C=CCn1c(S[C@@H](C)c2nnc(-c3ccc([N+](=O)[O-])cc3)o2)nnc1-c1ccc(Cl)cc1. The van der Waals surface area contributed by atoms with E-state index in [0.717, 1.165) is 5.56 Å². The first-order chi connectivity index (χ1) is 15.5. The van der Waals surface area contributed by atoms with Crippen LogP contribution < -0.4 is 0 Å². The molecule has 0 unspecified atom stereocenters. The third kappa shape index (κ3) is 4.56. The van der Waals surface area contributed by atoms with Gasteiger partial charge in [0.1, 0.15) is 0 Å². The van der Waals surface area contributed by atoms with Crippen LogP contribution in [0.15, 0.2) is 70.8 Å². The molecule has 0 spiro atoms. The van der Waals surface area contributed by atoms with E-state index in [0.29, 0.717) is 34.0 Å². The fourth-order valence-corrected chi connectivity index (χ4v) is 3.95. The number of benzene rings is 2. The van der Waals surface area contributed by atoms with Crippen LogP contribution in [0, 0.1) is 10.1 Å². The molecule has 0 aliphatic heterocycles. The quantitative estimate of drug-likeness (QED) is 0.142. The number of aromatic nitrogens is 5. The Morgan fingerprint density at radius 3 is 2.47 bits per heavy atom. The zero-order valence-electron chi connectivity index (χ0n) is 16.9. The third-order valence-corrected chi connectivity index (χ3v) is 5.85. The normalized spacial score (nSPS) is 11.9. The van der Waals surface area contributed by atoms with Gasteiger partial charge < -0.3 is 4.42 Å². The van der Waals surface area contributed by atoms with Crippen LogP contribution in [0.25, 0.3) is 22.8 Å². The number of thioether (sulfide) groups is 1. The van der Waals surface area contributed by atoms with Gasteiger partial charge in [0.25, 0.3) is 5.69 Å². The van der Waals surface area contributed by atoms with Crippen molar-refractivity contribution in [2.24, 2.45) is 0 Å². The molecule has 162 valence electrons. The summed E-state index contributed by atoms with van der Waals surface area (Å²) in [5.41, 5.74) is 1.49. The van der Waals surface area contributed by atoms with Crippen LogP contribution in [0.3, 0.4) is 0 Å². The van der Waals surface area contributed by atoms with Gasteiger partial charge in [0.2, 0.25) is 11.8 Å². The van der Waals surface area contributed by atoms with Crippen LogP contribution >= 0.6 is 23.4 Å². The van der Waals surface area contributed by atoms with Crippen molar-refractivity contribution in [2.75, 3.05) is 0 Å². The molecule has 2 heterocycles. The summed E-state index contributed by atoms with van der Waals surface area (Å²) in [6.45, 7) is 6.28. The van der Waals surface area contributed by atoms with Gasteiger partial charge in [-0.15, -0.1) is 27.0 Å². The highest BCUT2D eigenvalue weighted by Gasteiger charge is 2.21. The summed E-state index contributed by atoms with van der Waals surface area (Å²) in [5.74, 6) is 1.40. The summed E-state index contributed by atoms with van der Waals surface area (Å²) in [6, 6.07) is 13.3. The number of rotatable bonds is 8. The average Bonchev–Trinajstić information content (AvgIpc) is 3.43. The fourth-order valence-electron chi connectivity index (χ4n) is 2.93. The van der Waals surface area contributed by atoms with Gasteiger partial charge in [0.15, 0.2) is 11.0 Å². The summed E-state index contributed by atoms with van der Waals surface area (Å²) < 4.78 is 7.75. The predicted molar refractivity (Wildman–Crippen MR) is 121 cm³/mol. The van der Waals surface area contributed by atoms with Crippen LogP contribution in [0.2, 0.25) is 5.02 Å². The monoisotopic (exact) mass is 468 g/mol. The second-order valence-corrected chi connectivity index (χ2v) is 8.47. The molecule has 0 fully saturated rings. The van der Waals surface area contributed by atoms with Crippen molar-refractivity contribution >= 4 is 29.1 Å². The van der Waals surface area contributed by atoms with Crippen LogP contribution in [0.1, 0.15) is 18.1 Å². The van der Waals surface area contributed by atoms with E-state index in [2.05, 4.69) is 27.0 Å². The number of hydrogen-bond donors (Lipinski definition) is 0. The Balaban J connectivity index is 1.55. The molecule has 2 aromatic heterocycles.